The first-order chi connectivity index (χ1) is 7.72. The van der Waals surface area contributed by atoms with Gasteiger partial charge in [-0.05, 0) is 38.4 Å². The molecule has 1 amide bonds. The molecule has 0 aliphatic rings. The molecule has 0 radical (unpaired) electrons. The molecular weight excluding hydrogens is 200 g/mol. The quantitative estimate of drug-likeness (QED) is 0.495. The third-order valence-electron chi connectivity index (χ3n) is 1.87. The molecule has 16 heavy (non-hydrogen) atoms. The third-order valence-corrected chi connectivity index (χ3v) is 1.87. The molecule has 0 fully saturated rings. The SMILES string of the molecule is C=CC(=O)NCCCC.CCCNCCC. The van der Waals surface area contributed by atoms with E-state index < -0.39 is 0 Å². The van der Waals surface area contributed by atoms with E-state index in [9.17, 15) is 4.79 Å². The molecule has 3 nitrogen and oxygen atoms in total. The summed E-state index contributed by atoms with van der Waals surface area (Å²) in [6.45, 7) is 12.9. The van der Waals surface area contributed by atoms with Gasteiger partial charge in [0.2, 0.25) is 5.91 Å². The van der Waals surface area contributed by atoms with Gasteiger partial charge in [-0.2, -0.15) is 0 Å². The van der Waals surface area contributed by atoms with Gasteiger partial charge >= 0.3 is 0 Å². The van der Waals surface area contributed by atoms with Gasteiger partial charge in [-0.1, -0.05) is 33.8 Å². The summed E-state index contributed by atoms with van der Waals surface area (Å²) >= 11 is 0. The van der Waals surface area contributed by atoms with Gasteiger partial charge in [0.15, 0.2) is 0 Å². The van der Waals surface area contributed by atoms with Crippen LogP contribution in [-0.4, -0.2) is 25.5 Å². The smallest absolute Gasteiger partial charge is 0.243 e. The Morgan fingerprint density at radius 1 is 1.06 bits per heavy atom. The topological polar surface area (TPSA) is 41.1 Å². The maximum Gasteiger partial charge on any atom is 0.243 e. The molecule has 0 heterocycles. The number of carbonyl (C=O) groups is 1. The van der Waals surface area contributed by atoms with Crippen molar-refractivity contribution < 1.29 is 4.79 Å². The maximum absolute atomic E-state index is 10.5. The molecule has 0 saturated carbocycles. The molecule has 96 valence electrons. The van der Waals surface area contributed by atoms with E-state index in [1.165, 1.54) is 32.0 Å². The van der Waals surface area contributed by atoms with Gasteiger partial charge in [-0.25, -0.2) is 0 Å². The van der Waals surface area contributed by atoms with Crippen molar-refractivity contribution >= 4 is 5.91 Å². The van der Waals surface area contributed by atoms with Crippen LogP contribution in [0.4, 0.5) is 0 Å². The standard InChI is InChI=1S/C7H13NO.C6H15N/c1-3-5-6-8-7(9)4-2;1-3-5-7-6-4-2/h4H,2-3,5-6H2,1H3,(H,8,9);7H,3-6H2,1-2H3. The van der Waals surface area contributed by atoms with E-state index >= 15 is 0 Å². The van der Waals surface area contributed by atoms with Gasteiger partial charge in [-0.15, -0.1) is 0 Å². The molecule has 0 spiro atoms. The minimum atomic E-state index is -0.0801. The fourth-order valence-electron chi connectivity index (χ4n) is 0.939. The Hall–Kier alpha value is -0.830. The summed E-state index contributed by atoms with van der Waals surface area (Å²) in [4.78, 5) is 10.5. The summed E-state index contributed by atoms with van der Waals surface area (Å²) < 4.78 is 0. The van der Waals surface area contributed by atoms with Crippen LogP contribution in [-0.2, 0) is 4.79 Å². The zero-order chi connectivity index (χ0) is 12.6. The van der Waals surface area contributed by atoms with Crippen LogP contribution in [0.15, 0.2) is 12.7 Å². The molecule has 0 aliphatic heterocycles. The number of amides is 1. The Labute approximate surface area is 101 Å². The second-order valence-corrected chi connectivity index (χ2v) is 3.60. The van der Waals surface area contributed by atoms with Crippen molar-refractivity contribution in [3.05, 3.63) is 12.7 Å². The van der Waals surface area contributed by atoms with Crippen LogP contribution in [0, 0.1) is 0 Å². The van der Waals surface area contributed by atoms with Crippen LogP contribution in [0.3, 0.4) is 0 Å². The number of carbonyl (C=O) groups excluding carboxylic acids is 1. The van der Waals surface area contributed by atoms with E-state index in [1.807, 2.05) is 0 Å². The van der Waals surface area contributed by atoms with E-state index in [-0.39, 0.29) is 5.91 Å². The molecule has 0 atom stereocenters. The lowest BCUT2D eigenvalue weighted by atomic mass is 10.3. The minimum Gasteiger partial charge on any atom is -0.353 e. The van der Waals surface area contributed by atoms with Crippen LogP contribution in [0.1, 0.15) is 46.5 Å². The molecular formula is C13H28N2O. The molecule has 0 aromatic rings. The number of hydrogen-bond acceptors (Lipinski definition) is 2. The molecule has 0 saturated heterocycles. The van der Waals surface area contributed by atoms with E-state index in [1.54, 1.807) is 0 Å². The fraction of sp³-hybridized carbons (Fsp3) is 0.769. The van der Waals surface area contributed by atoms with Crippen LogP contribution >= 0.6 is 0 Å². The second-order valence-electron chi connectivity index (χ2n) is 3.60. The second kappa shape index (κ2) is 16.6. The lowest BCUT2D eigenvalue weighted by Crippen LogP contribution is -2.21. The number of rotatable bonds is 8. The highest BCUT2D eigenvalue weighted by molar-refractivity contribution is 5.86. The number of hydrogen-bond donors (Lipinski definition) is 2. The summed E-state index contributed by atoms with van der Waals surface area (Å²) in [5.41, 5.74) is 0. The normalized spacial score (nSPS) is 8.94. The minimum absolute atomic E-state index is 0.0801. The number of unbranched alkanes of at least 4 members (excludes halogenated alkanes) is 1. The molecule has 0 aromatic heterocycles. The molecule has 3 heteroatoms. The van der Waals surface area contributed by atoms with Crippen LogP contribution in [0.25, 0.3) is 0 Å². The first-order valence-corrected chi connectivity index (χ1v) is 6.33. The zero-order valence-electron chi connectivity index (χ0n) is 11.1. The predicted molar refractivity (Wildman–Crippen MR) is 71.6 cm³/mol. The van der Waals surface area contributed by atoms with E-state index in [4.69, 9.17) is 0 Å². The van der Waals surface area contributed by atoms with Crippen LogP contribution in [0.2, 0.25) is 0 Å². The average Bonchev–Trinajstić information content (AvgIpc) is 2.31. The zero-order valence-corrected chi connectivity index (χ0v) is 11.1. The van der Waals surface area contributed by atoms with Crippen molar-refractivity contribution in [2.75, 3.05) is 19.6 Å². The predicted octanol–water partition coefficient (Wildman–Crippen LogP) is 2.48. The lowest BCUT2D eigenvalue weighted by Gasteiger charge is -1.97. The van der Waals surface area contributed by atoms with Gasteiger partial charge in [0.1, 0.15) is 0 Å². The van der Waals surface area contributed by atoms with Crippen molar-refractivity contribution in [2.45, 2.75) is 46.5 Å². The summed E-state index contributed by atoms with van der Waals surface area (Å²) in [7, 11) is 0. The molecule has 0 bridgehead atoms. The first-order valence-electron chi connectivity index (χ1n) is 6.33. The van der Waals surface area contributed by atoms with E-state index in [0.29, 0.717) is 0 Å². The van der Waals surface area contributed by atoms with Gasteiger partial charge < -0.3 is 10.6 Å². The summed E-state index contributed by atoms with van der Waals surface area (Å²) in [6.07, 6.45) is 5.94. The monoisotopic (exact) mass is 228 g/mol. The Kier molecular flexibility index (Phi) is 18.2. The Morgan fingerprint density at radius 2 is 1.62 bits per heavy atom. The summed E-state index contributed by atoms with van der Waals surface area (Å²) in [5, 5.41) is 5.96. The highest BCUT2D eigenvalue weighted by Crippen LogP contribution is 1.81. The van der Waals surface area contributed by atoms with Gasteiger partial charge in [-0.3, -0.25) is 4.79 Å². The maximum atomic E-state index is 10.5. The highest BCUT2D eigenvalue weighted by Gasteiger charge is 1.88. The van der Waals surface area contributed by atoms with Crippen molar-refractivity contribution in [2.24, 2.45) is 0 Å². The Morgan fingerprint density at radius 3 is 2.00 bits per heavy atom. The Bertz CT molecular complexity index is 154. The van der Waals surface area contributed by atoms with Crippen LogP contribution in [0.5, 0.6) is 0 Å². The highest BCUT2D eigenvalue weighted by atomic mass is 16.1. The van der Waals surface area contributed by atoms with Crippen LogP contribution < -0.4 is 10.6 Å². The van der Waals surface area contributed by atoms with Crippen molar-refractivity contribution in [1.82, 2.24) is 10.6 Å². The Balaban J connectivity index is 0. The largest absolute Gasteiger partial charge is 0.353 e. The molecule has 0 rings (SSSR count). The van der Waals surface area contributed by atoms with Gasteiger partial charge in [0, 0.05) is 6.54 Å². The van der Waals surface area contributed by atoms with E-state index in [0.717, 1.165) is 19.4 Å². The van der Waals surface area contributed by atoms with Crippen molar-refractivity contribution in [3.63, 3.8) is 0 Å². The molecule has 0 aliphatic carbocycles. The number of nitrogens with one attached hydrogen (secondary N) is 2. The molecule has 2 N–H and O–H groups in total. The molecule has 0 aromatic carbocycles. The van der Waals surface area contributed by atoms with Crippen molar-refractivity contribution in [1.29, 1.82) is 0 Å². The summed E-state index contributed by atoms with van der Waals surface area (Å²) in [5.74, 6) is -0.0801. The van der Waals surface area contributed by atoms with Crippen molar-refractivity contribution in [3.8, 4) is 0 Å². The van der Waals surface area contributed by atoms with Gasteiger partial charge in [0.05, 0.1) is 0 Å². The molecule has 0 unspecified atom stereocenters. The average molecular weight is 228 g/mol. The first kappa shape index (κ1) is 17.6. The van der Waals surface area contributed by atoms with Gasteiger partial charge in [0.25, 0.3) is 0 Å². The lowest BCUT2D eigenvalue weighted by molar-refractivity contribution is -0.116. The third kappa shape index (κ3) is 18.9. The summed E-state index contributed by atoms with van der Waals surface area (Å²) in [6, 6.07) is 0. The van der Waals surface area contributed by atoms with E-state index in [2.05, 4.69) is 38.0 Å². The fourth-order valence-corrected chi connectivity index (χ4v) is 0.939.